The lowest BCUT2D eigenvalue weighted by Gasteiger charge is -2.20. The minimum atomic E-state index is -0.924. The number of rotatable bonds is 3. The molecule has 0 radical (unpaired) electrons. The van der Waals surface area contributed by atoms with E-state index < -0.39 is 12.0 Å². The van der Waals surface area contributed by atoms with Crippen LogP contribution < -0.4 is 4.90 Å². The van der Waals surface area contributed by atoms with Gasteiger partial charge in [0.2, 0.25) is 0 Å². The zero-order valence-electron chi connectivity index (χ0n) is 11.7. The summed E-state index contributed by atoms with van der Waals surface area (Å²) in [6.45, 7) is 0.512. The normalized spacial score (nSPS) is 18.4. The highest BCUT2D eigenvalue weighted by Gasteiger charge is 2.35. The molecule has 0 saturated carbocycles. The van der Waals surface area contributed by atoms with E-state index in [2.05, 4.69) is 4.98 Å². The van der Waals surface area contributed by atoms with Gasteiger partial charge in [0.25, 0.3) is 5.91 Å². The molecule has 2 aromatic heterocycles. The fourth-order valence-corrected chi connectivity index (χ4v) is 4.52. The molecule has 112 valence electrons. The molecule has 0 aliphatic carbocycles. The van der Waals surface area contributed by atoms with Crippen molar-refractivity contribution in [1.82, 2.24) is 9.88 Å². The minimum absolute atomic E-state index is 0.193. The Hall–Kier alpha value is -1.67. The molecule has 1 N–H and O–H groups in total. The Morgan fingerprint density at radius 3 is 2.81 bits per heavy atom. The van der Waals surface area contributed by atoms with Gasteiger partial charge in [0, 0.05) is 20.6 Å². The van der Waals surface area contributed by atoms with Gasteiger partial charge in [-0.05, 0) is 18.9 Å². The lowest BCUT2D eigenvalue weighted by atomic mass is 10.2. The van der Waals surface area contributed by atoms with Crippen molar-refractivity contribution in [1.29, 1.82) is 0 Å². The monoisotopic (exact) mass is 325 g/mol. The van der Waals surface area contributed by atoms with Crippen LogP contribution in [0.1, 0.15) is 22.5 Å². The number of aliphatic carboxylic acids is 1. The number of anilines is 1. The summed E-state index contributed by atoms with van der Waals surface area (Å²) in [5.74, 6) is -1.12. The molecule has 0 unspecified atom stereocenters. The molecule has 8 heteroatoms. The molecule has 1 aliphatic heterocycles. The molecular weight excluding hydrogens is 310 g/mol. The number of carbonyl (C=O) groups is 2. The average molecular weight is 325 g/mol. The molecule has 21 heavy (non-hydrogen) atoms. The van der Waals surface area contributed by atoms with Gasteiger partial charge in [0.1, 0.15) is 10.9 Å². The molecule has 1 fully saturated rings. The van der Waals surface area contributed by atoms with E-state index in [9.17, 15) is 14.7 Å². The van der Waals surface area contributed by atoms with Gasteiger partial charge in [-0.3, -0.25) is 4.79 Å². The van der Waals surface area contributed by atoms with Crippen LogP contribution in [-0.4, -0.2) is 53.5 Å². The van der Waals surface area contributed by atoms with Crippen molar-refractivity contribution in [3.63, 3.8) is 0 Å². The number of amides is 1. The summed E-state index contributed by atoms with van der Waals surface area (Å²) < 4.78 is 0.970. The quantitative estimate of drug-likeness (QED) is 0.935. The predicted molar refractivity (Wildman–Crippen MR) is 83.5 cm³/mol. The first kappa shape index (κ1) is 14.3. The van der Waals surface area contributed by atoms with E-state index in [4.69, 9.17) is 0 Å². The van der Waals surface area contributed by atoms with Crippen LogP contribution >= 0.6 is 22.7 Å². The molecule has 1 saturated heterocycles. The van der Waals surface area contributed by atoms with Gasteiger partial charge in [-0.25, -0.2) is 9.78 Å². The summed E-state index contributed by atoms with van der Waals surface area (Å²) in [5.41, 5.74) is 0. The third-order valence-corrected chi connectivity index (χ3v) is 5.79. The highest BCUT2D eigenvalue weighted by Crippen LogP contribution is 2.35. The van der Waals surface area contributed by atoms with Crippen LogP contribution in [0.4, 0.5) is 5.13 Å². The summed E-state index contributed by atoms with van der Waals surface area (Å²) in [5, 5.41) is 10.1. The van der Waals surface area contributed by atoms with E-state index >= 15 is 0 Å². The van der Waals surface area contributed by atoms with Crippen LogP contribution in [0.5, 0.6) is 0 Å². The van der Waals surface area contributed by atoms with E-state index in [1.165, 1.54) is 27.6 Å². The Labute approximate surface area is 129 Å². The third kappa shape index (κ3) is 2.49. The molecule has 3 heterocycles. The van der Waals surface area contributed by atoms with E-state index in [1.807, 2.05) is 25.1 Å². The smallest absolute Gasteiger partial charge is 0.326 e. The summed E-state index contributed by atoms with van der Waals surface area (Å²) in [6, 6.07) is 1.13. The molecule has 1 amide bonds. The van der Waals surface area contributed by atoms with Gasteiger partial charge in [-0.2, -0.15) is 0 Å². The minimum Gasteiger partial charge on any atom is -0.480 e. The average Bonchev–Trinajstić information content (AvgIpc) is 3.10. The summed E-state index contributed by atoms with van der Waals surface area (Å²) in [6.07, 6.45) is 1.27. The van der Waals surface area contributed by atoms with Crippen molar-refractivity contribution in [2.45, 2.75) is 18.9 Å². The molecular formula is C13H15N3O3S2. The molecule has 1 aliphatic rings. The van der Waals surface area contributed by atoms with Gasteiger partial charge in [-0.1, -0.05) is 11.3 Å². The second-order valence-corrected chi connectivity index (χ2v) is 7.21. The lowest BCUT2D eigenvalue weighted by molar-refractivity contribution is -0.141. The summed E-state index contributed by atoms with van der Waals surface area (Å²) >= 11 is 2.86. The van der Waals surface area contributed by atoms with Gasteiger partial charge in [0.05, 0.1) is 9.58 Å². The molecule has 2 aromatic rings. The number of likely N-dealkylation sites (tertiary alicyclic amines) is 1. The van der Waals surface area contributed by atoms with Crippen LogP contribution in [0.2, 0.25) is 0 Å². The molecule has 6 nitrogen and oxygen atoms in total. The van der Waals surface area contributed by atoms with Crippen LogP contribution in [0.3, 0.4) is 0 Å². The van der Waals surface area contributed by atoms with Gasteiger partial charge >= 0.3 is 5.97 Å². The maximum atomic E-state index is 12.5. The summed E-state index contributed by atoms with van der Waals surface area (Å²) in [4.78, 5) is 32.9. The van der Waals surface area contributed by atoms with Gasteiger partial charge in [-0.15, -0.1) is 11.3 Å². The molecule has 3 rings (SSSR count). The first-order chi connectivity index (χ1) is 9.97. The van der Waals surface area contributed by atoms with Crippen molar-refractivity contribution in [2.75, 3.05) is 25.5 Å². The van der Waals surface area contributed by atoms with Crippen LogP contribution in [-0.2, 0) is 4.79 Å². The molecule has 0 aromatic carbocycles. The molecule has 1 atom stereocenters. The number of hydrogen-bond donors (Lipinski definition) is 1. The second-order valence-electron chi connectivity index (χ2n) is 5.17. The zero-order valence-corrected chi connectivity index (χ0v) is 13.3. The number of thiophene rings is 1. The lowest BCUT2D eigenvalue weighted by Crippen LogP contribution is -2.40. The van der Waals surface area contributed by atoms with Crippen molar-refractivity contribution in [2.24, 2.45) is 0 Å². The number of carboxylic acid groups (broad SMARTS) is 1. The van der Waals surface area contributed by atoms with Crippen molar-refractivity contribution < 1.29 is 14.7 Å². The van der Waals surface area contributed by atoms with Crippen LogP contribution in [0.15, 0.2) is 6.07 Å². The number of thiazole rings is 1. The van der Waals surface area contributed by atoms with Crippen molar-refractivity contribution >= 4 is 49.2 Å². The van der Waals surface area contributed by atoms with Gasteiger partial charge < -0.3 is 14.9 Å². The van der Waals surface area contributed by atoms with Crippen molar-refractivity contribution in [3.05, 3.63) is 10.9 Å². The Morgan fingerprint density at radius 2 is 2.19 bits per heavy atom. The third-order valence-electron chi connectivity index (χ3n) is 3.47. The number of hydrogen-bond acceptors (Lipinski definition) is 6. The standard InChI is InChI=1S/C13H15N3O3S2/c1-15(2)13-14-10-8(21-13)6-9(20-10)11(17)16-5-3-4-7(16)12(18)19/h6-7H,3-5H2,1-2H3,(H,18,19)/t7-/m1/s1. The number of carbonyl (C=O) groups excluding carboxylic acids is 1. The molecule has 0 spiro atoms. The van der Waals surface area contributed by atoms with Crippen molar-refractivity contribution in [3.8, 4) is 0 Å². The largest absolute Gasteiger partial charge is 0.480 e. The number of fused-ring (bicyclic) bond motifs is 1. The fourth-order valence-electron chi connectivity index (χ4n) is 2.43. The number of aromatic nitrogens is 1. The Morgan fingerprint density at radius 1 is 1.43 bits per heavy atom. The van der Waals surface area contributed by atoms with E-state index in [1.54, 1.807) is 0 Å². The first-order valence-corrected chi connectivity index (χ1v) is 8.22. The number of carboxylic acids is 1. The second kappa shape index (κ2) is 5.27. The summed E-state index contributed by atoms with van der Waals surface area (Å²) in [7, 11) is 3.85. The predicted octanol–water partition coefficient (Wildman–Crippen LogP) is 2.11. The zero-order chi connectivity index (χ0) is 15.1. The number of nitrogens with zero attached hydrogens (tertiary/aromatic N) is 3. The van der Waals surface area contributed by atoms with Crippen LogP contribution in [0.25, 0.3) is 9.53 Å². The Balaban J connectivity index is 1.88. The topological polar surface area (TPSA) is 73.7 Å². The van der Waals surface area contributed by atoms with E-state index in [-0.39, 0.29) is 5.91 Å². The maximum Gasteiger partial charge on any atom is 0.326 e. The molecule has 0 bridgehead atoms. The first-order valence-electron chi connectivity index (χ1n) is 6.59. The van der Waals surface area contributed by atoms with Gasteiger partial charge in [0.15, 0.2) is 5.13 Å². The van der Waals surface area contributed by atoms with E-state index in [0.29, 0.717) is 17.8 Å². The highest BCUT2D eigenvalue weighted by molar-refractivity contribution is 7.29. The Bertz CT molecular complexity index is 675. The Kier molecular flexibility index (Phi) is 3.58. The SMILES string of the molecule is CN(C)c1nc2sc(C(=O)N3CCC[C@@H]3C(=O)O)cc2s1. The van der Waals surface area contributed by atoms with Crippen LogP contribution in [0, 0.1) is 0 Å². The fraction of sp³-hybridized carbons (Fsp3) is 0.462. The van der Waals surface area contributed by atoms with E-state index in [0.717, 1.165) is 21.1 Å². The highest BCUT2D eigenvalue weighted by atomic mass is 32.1. The maximum absolute atomic E-state index is 12.5.